The molecule has 0 fully saturated rings. The van der Waals surface area contributed by atoms with Crippen LogP contribution in [0.5, 0.6) is 0 Å². The minimum Gasteiger partial charge on any atom is -0.456 e. The number of hydrogen-bond acceptors (Lipinski definition) is 5. The Balaban J connectivity index is 1.51. The Kier molecular flexibility index (Phi) is 5.40. The molecule has 27 heavy (non-hydrogen) atoms. The number of nitrogens with one attached hydrogen (secondary N) is 1. The van der Waals surface area contributed by atoms with E-state index in [1.807, 2.05) is 32.0 Å². The molecule has 0 unspecified atom stereocenters. The first-order valence-electron chi connectivity index (χ1n) is 8.54. The van der Waals surface area contributed by atoms with Crippen LogP contribution in [-0.2, 0) is 20.9 Å². The van der Waals surface area contributed by atoms with Crippen LogP contribution in [0.1, 0.15) is 17.5 Å². The van der Waals surface area contributed by atoms with Gasteiger partial charge in [-0.3, -0.25) is 14.2 Å². The molecule has 0 saturated heterocycles. The van der Waals surface area contributed by atoms with E-state index in [4.69, 9.17) is 9.15 Å². The first-order chi connectivity index (χ1) is 12.9. The Bertz CT molecular complexity index is 1030. The number of amides is 1. The molecule has 1 aromatic heterocycles. The summed E-state index contributed by atoms with van der Waals surface area (Å²) in [5.41, 5.74) is 3.79. The van der Waals surface area contributed by atoms with Crippen LogP contribution in [-0.4, -0.2) is 23.1 Å². The second-order valence-electron chi connectivity index (χ2n) is 6.32. The van der Waals surface area contributed by atoms with Crippen LogP contribution in [0.2, 0.25) is 0 Å². The molecular weight excluding hydrogens is 348 g/mol. The SMILES string of the molecule is Cc1cc(C)cc(NC(=O)COC(=O)CCn2c(=O)oc3ccccc32)c1. The molecule has 1 N–H and O–H groups in total. The number of oxazole rings is 1. The number of anilines is 1. The number of ether oxygens (including phenoxy) is 1. The van der Waals surface area contributed by atoms with Crippen molar-refractivity contribution in [1.29, 1.82) is 0 Å². The molecule has 0 aliphatic carbocycles. The van der Waals surface area contributed by atoms with E-state index >= 15 is 0 Å². The molecular formula is C20H20N2O5. The predicted molar refractivity (Wildman–Crippen MR) is 101 cm³/mol. The van der Waals surface area contributed by atoms with E-state index < -0.39 is 17.6 Å². The van der Waals surface area contributed by atoms with Gasteiger partial charge >= 0.3 is 11.7 Å². The van der Waals surface area contributed by atoms with Crippen molar-refractivity contribution in [1.82, 2.24) is 4.57 Å². The number of aromatic nitrogens is 1. The zero-order valence-corrected chi connectivity index (χ0v) is 15.2. The highest BCUT2D eigenvalue weighted by Crippen LogP contribution is 2.14. The van der Waals surface area contributed by atoms with Crippen LogP contribution >= 0.6 is 0 Å². The molecule has 140 valence electrons. The fourth-order valence-electron chi connectivity index (χ4n) is 2.89. The fourth-order valence-corrected chi connectivity index (χ4v) is 2.89. The van der Waals surface area contributed by atoms with Crippen LogP contribution in [0.25, 0.3) is 11.1 Å². The monoisotopic (exact) mass is 368 g/mol. The van der Waals surface area contributed by atoms with Gasteiger partial charge in [0.05, 0.1) is 11.9 Å². The molecule has 0 saturated carbocycles. The molecule has 0 aliphatic rings. The van der Waals surface area contributed by atoms with Gasteiger partial charge in [-0.2, -0.15) is 0 Å². The number of carbonyl (C=O) groups excluding carboxylic acids is 2. The number of carbonyl (C=O) groups is 2. The molecule has 0 radical (unpaired) electrons. The van der Waals surface area contributed by atoms with Gasteiger partial charge in [-0.15, -0.1) is 0 Å². The Morgan fingerprint density at radius 1 is 1.11 bits per heavy atom. The highest BCUT2D eigenvalue weighted by Gasteiger charge is 2.12. The molecule has 1 heterocycles. The molecule has 7 heteroatoms. The van der Waals surface area contributed by atoms with Crippen molar-refractivity contribution < 1.29 is 18.7 Å². The first-order valence-corrected chi connectivity index (χ1v) is 8.54. The molecule has 7 nitrogen and oxygen atoms in total. The standard InChI is InChI=1S/C20H20N2O5/c1-13-9-14(2)11-15(10-13)21-18(23)12-26-19(24)7-8-22-16-5-3-4-6-17(16)27-20(22)25/h3-6,9-11H,7-8,12H2,1-2H3,(H,21,23). The maximum atomic E-state index is 11.9. The van der Waals surface area contributed by atoms with Gasteiger partial charge < -0.3 is 14.5 Å². The summed E-state index contributed by atoms with van der Waals surface area (Å²) in [6, 6.07) is 12.6. The molecule has 3 rings (SSSR count). The summed E-state index contributed by atoms with van der Waals surface area (Å²) in [6.45, 7) is 3.61. The third-order valence-electron chi connectivity index (χ3n) is 3.98. The van der Waals surface area contributed by atoms with E-state index in [0.717, 1.165) is 11.1 Å². The summed E-state index contributed by atoms with van der Waals surface area (Å²) in [7, 11) is 0. The number of hydrogen-bond donors (Lipinski definition) is 1. The van der Waals surface area contributed by atoms with E-state index in [0.29, 0.717) is 16.8 Å². The van der Waals surface area contributed by atoms with Crippen LogP contribution in [0.4, 0.5) is 5.69 Å². The van der Waals surface area contributed by atoms with Crippen molar-refractivity contribution in [2.75, 3.05) is 11.9 Å². The number of fused-ring (bicyclic) bond motifs is 1. The average Bonchev–Trinajstić information content (AvgIpc) is 2.92. The van der Waals surface area contributed by atoms with Gasteiger partial charge in [-0.05, 0) is 49.2 Å². The maximum Gasteiger partial charge on any atom is 0.419 e. The third-order valence-corrected chi connectivity index (χ3v) is 3.98. The molecule has 0 spiro atoms. The van der Waals surface area contributed by atoms with Crippen LogP contribution in [0.15, 0.2) is 51.7 Å². The Morgan fingerprint density at radius 2 is 1.81 bits per heavy atom. The zero-order chi connectivity index (χ0) is 19.4. The number of benzene rings is 2. The predicted octanol–water partition coefficient (Wildman–Crippen LogP) is 2.78. The number of rotatable bonds is 6. The summed E-state index contributed by atoms with van der Waals surface area (Å²) < 4.78 is 11.5. The van der Waals surface area contributed by atoms with E-state index in [2.05, 4.69) is 5.32 Å². The molecule has 0 atom stereocenters. The fraction of sp³-hybridized carbons (Fsp3) is 0.250. The minimum absolute atomic E-state index is 0.0414. The van der Waals surface area contributed by atoms with E-state index in [-0.39, 0.29) is 19.6 Å². The van der Waals surface area contributed by atoms with E-state index in [1.165, 1.54) is 4.57 Å². The normalized spacial score (nSPS) is 10.7. The lowest BCUT2D eigenvalue weighted by molar-refractivity contribution is -0.147. The molecule has 0 bridgehead atoms. The molecule has 3 aromatic rings. The topological polar surface area (TPSA) is 90.5 Å². The highest BCUT2D eigenvalue weighted by atomic mass is 16.5. The minimum atomic E-state index is -0.567. The highest BCUT2D eigenvalue weighted by molar-refractivity contribution is 5.93. The summed E-state index contributed by atoms with van der Waals surface area (Å²) >= 11 is 0. The van der Waals surface area contributed by atoms with Crippen LogP contribution < -0.4 is 11.1 Å². The number of nitrogens with zero attached hydrogens (tertiary/aromatic N) is 1. The molecule has 2 aromatic carbocycles. The van der Waals surface area contributed by atoms with Crippen LogP contribution in [0, 0.1) is 13.8 Å². The largest absolute Gasteiger partial charge is 0.456 e. The number of aryl methyl sites for hydroxylation is 3. The average molecular weight is 368 g/mol. The Labute approximate surface area is 155 Å². The van der Waals surface area contributed by atoms with Crippen molar-refractivity contribution in [2.24, 2.45) is 0 Å². The summed E-state index contributed by atoms with van der Waals surface area (Å²) in [6.07, 6.45) is -0.0414. The Hall–Kier alpha value is -3.35. The van der Waals surface area contributed by atoms with Gasteiger partial charge in [-0.1, -0.05) is 18.2 Å². The van der Waals surface area contributed by atoms with Gasteiger partial charge in [0.15, 0.2) is 12.2 Å². The zero-order valence-electron chi connectivity index (χ0n) is 15.2. The van der Waals surface area contributed by atoms with Gasteiger partial charge in [0.2, 0.25) is 0 Å². The number of esters is 1. The van der Waals surface area contributed by atoms with Crippen molar-refractivity contribution in [3.8, 4) is 0 Å². The van der Waals surface area contributed by atoms with E-state index in [1.54, 1.807) is 24.3 Å². The van der Waals surface area contributed by atoms with Gasteiger partial charge in [0, 0.05) is 12.2 Å². The van der Waals surface area contributed by atoms with Crippen molar-refractivity contribution >= 4 is 28.7 Å². The summed E-state index contributed by atoms with van der Waals surface area (Å²) in [5.74, 6) is -1.52. The van der Waals surface area contributed by atoms with E-state index in [9.17, 15) is 14.4 Å². The van der Waals surface area contributed by atoms with Gasteiger partial charge in [0.25, 0.3) is 5.91 Å². The van der Waals surface area contributed by atoms with Crippen molar-refractivity contribution in [2.45, 2.75) is 26.8 Å². The second kappa shape index (κ2) is 7.90. The summed E-state index contributed by atoms with van der Waals surface area (Å²) in [4.78, 5) is 35.7. The first kappa shape index (κ1) is 18.4. The third kappa shape index (κ3) is 4.63. The van der Waals surface area contributed by atoms with Crippen molar-refractivity contribution in [3.05, 3.63) is 64.1 Å². The molecule has 0 aliphatic heterocycles. The lowest BCUT2D eigenvalue weighted by Crippen LogP contribution is -2.22. The summed E-state index contributed by atoms with van der Waals surface area (Å²) in [5, 5.41) is 2.70. The lowest BCUT2D eigenvalue weighted by Gasteiger charge is -2.08. The second-order valence-corrected chi connectivity index (χ2v) is 6.32. The quantitative estimate of drug-likeness (QED) is 0.676. The lowest BCUT2D eigenvalue weighted by atomic mass is 10.1. The molecule has 1 amide bonds. The maximum absolute atomic E-state index is 11.9. The number of para-hydroxylation sites is 2. The van der Waals surface area contributed by atoms with Crippen LogP contribution in [0.3, 0.4) is 0 Å². The van der Waals surface area contributed by atoms with Gasteiger partial charge in [0.1, 0.15) is 0 Å². The Morgan fingerprint density at radius 3 is 2.56 bits per heavy atom. The smallest absolute Gasteiger partial charge is 0.419 e. The van der Waals surface area contributed by atoms with Gasteiger partial charge in [-0.25, -0.2) is 4.79 Å². The van der Waals surface area contributed by atoms with Crippen molar-refractivity contribution in [3.63, 3.8) is 0 Å².